The number of rotatable bonds is 2. The molecule has 0 spiro atoms. The lowest BCUT2D eigenvalue weighted by molar-refractivity contribution is 0.0998. The Balaban J connectivity index is 3.03. The molecule has 0 aliphatic carbocycles. The lowest BCUT2D eigenvalue weighted by Crippen LogP contribution is -1.97. The van der Waals surface area contributed by atoms with E-state index in [2.05, 4.69) is 0 Å². The first kappa shape index (κ1) is 10.0. The van der Waals surface area contributed by atoms with E-state index in [1.54, 1.807) is 12.1 Å². The van der Waals surface area contributed by atoms with Crippen LogP contribution in [0.2, 0.25) is 10.0 Å². The van der Waals surface area contributed by atoms with E-state index in [0.29, 0.717) is 10.6 Å². The van der Waals surface area contributed by atoms with Crippen molar-refractivity contribution in [1.29, 1.82) is 5.26 Å². The summed E-state index contributed by atoms with van der Waals surface area (Å²) < 4.78 is 0. The summed E-state index contributed by atoms with van der Waals surface area (Å²) in [6.45, 7) is 0. The van der Waals surface area contributed by atoms with Crippen LogP contribution in [0.1, 0.15) is 16.8 Å². The lowest BCUT2D eigenvalue weighted by atomic mass is 10.1. The monoisotopic (exact) mass is 213 g/mol. The molecule has 0 N–H and O–H groups in total. The molecule has 0 fully saturated rings. The summed E-state index contributed by atoms with van der Waals surface area (Å²) in [5.74, 6) is -0.288. The van der Waals surface area contributed by atoms with E-state index in [4.69, 9.17) is 28.5 Å². The SMILES string of the molecule is N#CCC(=O)c1ccc(Cl)cc1Cl. The zero-order chi connectivity index (χ0) is 9.84. The Kier molecular flexibility index (Phi) is 3.30. The average molecular weight is 214 g/mol. The van der Waals surface area contributed by atoms with E-state index >= 15 is 0 Å². The first-order valence-electron chi connectivity index (χ1n) is 3.50. The van der Waals surface area contributed by atoms with Crippen molar-refractivity contribution >= 4 is 29.0 Å². The summed E-state index contributed by atoms with van der Waals surface area (Å²) >= 11 is 11.4. The van der Waals surface area contributed by atoms with Crippen molar-refractivity contribution in [3.8, 4) is 6.07 Å². The molecule has 0 saturated heterocycles. The molecule has 13 heavy (non-hydrogen) atoms. The van der Waals surface area contributed by atoms with Crippen LogP contribution in [-0.4, -0.2) is 5.78 Å². The minimum absolute atomic E-state index is 0.165. The fourth-order valence-electron chi connectivity index (χ4n) is 0.883. The Morgan fingerprint density at radius 2 is 2.15 bits per heavy atom. The molecule has 1 rings (SSSR count). The number of nitrogens with zero attached hydrogens (tertiary/aromatic N) is 1. The second kappa shape index (κ2) is 4.27. The number of carbonyl (C=O) groups excluding carboxylic acids is 1. The smallest absolute Gasteiger partial charge is 0.178 e. The number of hydrogen-bond acceptors (Lipinski definition) is 2. The van der Waals surface area contributed by atoms with Gasteiger partial charge in [0.15, 0.2) is 5.78 Å². The van der Waals surface area contributed by atoms with Gasteiger partial charge < -0.3 is 0 Å². The minimum Gasteiger partial charge on any atom is -0.293 e. The molecule has 66 valence electrons. The first-order valence-corrected chi connectivity index (χ1v) is 4.26. The molecular weight excluding hydrogens is 209 g/mol. The highest BCUT2D eigenvalue weighted by Gasteiger charge is 2.09. The molecule has 0 saturated carbocycles. The van der Waals surface area contributed by atoms with Gasteiger partial charge in [0.2, 0.25) is 0 Å². The van der Waals surface area contributed by atoms with Crippen LogP contribution in [0.25, 0.3) is 0 Å². The van der Waals surface area contributed by atoms with Crippen molar-refractivity contribution in [2.75, 3.05) is 0 Å². The zero-order valence-corrected chi connectivity index (χ0v) is 8.06. The van der Waals surface area contributed by atoms with Crippen LogP contribution >= 0.6 is 23.2 Å². The van der Waals surface area contributed by atoms with Crippen LogP contribution < -0.4 is 0 Å². The van der Waals surface area contributed by atoms with Crippen LogP contribution in [0.4, 0.5) is 0 Å². The van der Waals surface area contributed by atoms with Gasteiger partial charge in [0, 0.05) is 10.6 Å². The summed E-state index contributed by atoms with van der Waals surface area (Å²) in [6.07, 6.45) is -0.165. The van der Waals surface area contributed by atoms with Crippen LogP contribution in [-0.2, 0) is 0 Å². The van der Waals surface area contributed by atoms with Gasteiger partial charge in [-0.3, -0.25) is 4.79 Å². The molecule has 0 aromatic heterocycles. The van der Waals surface area contributed by atoms with Crippen molar-refractivity contribution in [3.05, 3.63) is 33.8 Å². The molecule has 0 amide bonds. The Hall–Kier alpha value is -1.04. The van der Waals surface area contributed by atoms with Gasteiger partial charge in [0.25, 0.3) is 0 Å². The van der Waals surface area contributed by atoms with Gasteiger partial charge in [0.1, 0.15) is 0 Å². The van der Waals surface area contributed by atoms with Gasteiger partial charge in [-0.2, -0.15) is 5.26 Å². The fourth-order valence-corrected chi connectivity index (χ4v) is 1.40. The normalized spacial score (nSPS) is 9.31. The molecular formula is C9H5Cl2NO. The summed E-state index contributed by atoms with van der Waals surface area (Å²) in [5.41, 5.74) is 0.340. The maximum Gasteiger partial charge on any atom is 0.178 e. The molecule has 1 aromatic carbocycles. The predicted octanol–water partition coefficient (Wildman–Crippen LogP) is 3.09. The number of Topliss-reactive ketones (excluding diaryl/α,β-unsaturated/α-hetero) is 1. The Labute approximate surface area is 85.7 Å². The minimum atomic E-state index is -0.288. The quantitative estimate of drug-likeness (QED) is 0.709. The highest BCUT2D eigenvalue weighted by molar-refractivity contribution is 6.36. The predicted molar refractivity (Wildman–Crippen MR) is 51.0 cm³/mol. The number of benzene rings is 1. The van der Waals surface area contributed by atoms with E-state index in [9.17, 15) is 4.79 Å². The number of ketones is 1. The Bertz CT molecular complexity index is 382. The van der Waals surface area contributed by atoms with Crippen molar-refractivity contribution in [2.24, 2.45) is 0 Å². The van der Waals surface area contributed by atoms with Crippen molar-refractivity contribution in [2.45, 2.75) is 6.42 Å². The van der Waals surface area contributed by atoms with Gasteiger partial charge in [-0.15, -0.1) is 0 Å². The molecule has 0 unspecified atom stereocenters. The summed E-state index contributed by atoms with van der Waals surface area (Å²) in [4.78, 5) is 11.2. The van der Waals surface area contributed by atoms with Gasteiger partial charge in [-0.05, 0) is 18.2 Å². The molecule has 0 heterocycles. The third-order valence-corrected chi connectivity index (χ3v) is 2.02. The average Bonchev–Trinajstić information content (AvgIpc) is 2.04. The van der Waals surface area contributed by atoms with Gasteiger partial charge in [-0.25, -0.2) is 0 Å². The van der Waals surface area contributed by atoms with E-state index in [1.165, 1.54) is 12.1 Å². The largest absolute Gasteiger partial charge is 0.293 e. The molecule has 4 heteroatoms. The maximum atomic E-state index is 11.2. The lowest BCUT2D eigenvalue weighted by Gasteiger charge is -1.99. The van der Waals surface area contributed by atoms with Crippen LogP contribution in [0.15, 0.2) is 18.2 Å². The maximum absolute atomic E-state index is 11.2. The topological polar surface area (TPSA) is 40.9 Å². The van der Waals surface area contributed by atoms with Gasteiger partial charge in [0.05, 0.1) is 17.5 Å². The van der Waals surface area contributed by atoms with E-state index < -0.39 is 0 Å². The standard InChI is InChI=1S/C9H5Cl2NO/c10-6-1-2-7(8(11)5-6)9(13)3-4-12/h1-2,5H,3H2. The van der Waals surface area contributed by atoms with Crippen LogP contribution in [0.5, 0.6) is 0 Å². The van der Waals surface area contributed by atoms with E-state index in [0.717, 1.165) is 0 Å². The van der Waals surface area contributed by atoms with Gasteiger partial charge in [-0.1, -0.05) is 23.2 Å². The van der Waals surface area contributed by atoms with Crippen molar-refractivity contribution < 1.29 is 4.79 Å². The van der Waals surface area contributed by atoms with Crippen LogP contribution in [0, 0.1) is 11.3 Å². The zero-order valence-electron chi connectivity index (χ0n) is 6.55. The second-order valence-electron chi connectivity index (χ2n) is 2.38. The Morgan fingerprint density at radius 3 is 2.69 bits per heavy atom. The van der Waals surface area contributed by atoms with Gasteiger partial charge >= 0.3 is 0 Å². The molecule has 0 atom stereocenters. The van der Waals surface area contributed by atoms with Crippen molar-refractivity contribution in [1.82, 2.24) is 0 Å². The third kappa shape index (κ3) is 2.45. The van der Waals surface area contributed by atoms with E-state index in [-0.39, 0.29) is 17.2 Å². The third-order valence-electron chi connectivity index (χ3n) is 1.47. The summed E-state index contributed by atoms with van der Waals surface area (Å²) in [6, 6.07) is 6.33. The Morgan fingerprint density at radius 1 is 1.46 bits per heavy atom. The molecule has 0 bridgehead atoms. The number of hydrogen-bond donors (Lipinski definition) is 0. The fraction of sp³-hybridized carbons (Fsp3) is 0.111. The highest BCUT2D eigenvalue weighted by atomic mass is 35.5. The highest BCUT2D eigenvalue weighted by Crippen LogP contribution is 2.21. The van der Waals surface area contributed by atoms with Crippen molar-refractivity contribution in [3.63, 3.8) is 0 Å². The summed E-state index contributed by atoms with van der Waals surface area (Å²) in [7, 11) is 0. The van der Waals surface area contributed by atoms with E-state index in [1.807, 2.05) is 0 Å². The second-order valence-corrected chi connectivity index (χ2v) is 3.23. The molecule has 2 nitrogen and oxygen atoms in total. The number of nitriles is 1. The molecule has 1 aromatic rings. The number of halogens is 2. The molecule has 0 radical (unpaired) electrons. The summed E-state index contributed by atoms with van der Waals surface area (Å²) in [5, 5.41) is 9.06. The van der Waals surface area contributed by atoms with Crippen LogP contribution in [0.3, 0.4) is 0 Å². The first-order chi connectivity index (χ1) is 6.15. The number of carbonyl (C=O) groups is 1. The molecule has 0 aliphatic rings. The molecule has 0 aliphatic heterocycles.